The third-order valence-electron chi connectivity index (χ3n) is 5.45. The number of amides is 1. The molecular formula is C25H21NO6. The molecule has 1 N–H and O–H groups in total. The van der Waals surface area contributed by atoms with E-state index in [1.165, 1.54) is 24.3 Å². The molecule has 1 unspecified atom stereocenters. The van der Waals surface area contributed by atoms with Crippen molar-refractivity contribution in [3.05, 3.63) is 94.4 Å². The molecule has 1 amide bonds. The monoisotopic (exact) mass is 431 g/mol. The molecule has 0 bridgehead atoms. The van der Waals surface area contributed by atoms with Crippen molar-refractivity contribution in [2.75, 3.05) is 12.0 Å². The molecule has 162 valence electrons. The van der Waals surface area contributed by atoms with E-state index in [0.717, 1.165) is 11.1 Å². The second kappa shape index (κ2) is 8.19. The highest BCUT2D eigenvalue weighted by molar-refractivity contribution is 6.51. The van der Waals surface area contributed by atoms with E-state index in [0.29, 0.717) is 17.0 Å². The summed E-state index contributed by atoms with van der Waals surface area (Å²) in [6, 6.07) is 14.0. The lowest BCUT2D eigenvalue weighted by molar-refractivity contribution is -0.132. The summed E-state index contributed by atoms with van der Waals surface area (Å²) >= 11 is 0. The van der Waals surface area contributed by atoms with Gasteiger partial charge in [0.05, 0.1) is 24.5 Å². The van der Waals surface area contributed by atoms with Gasteiger partial charge in [-0.05, 0) is 55.8 Å². The maximum atomic E-state index is 13.1. The first-order chi connectivity index (χ1) is 15.3. The fourth-order valence-electron chi connectivity index (χ4n) is 3.85. The Balaban J connectivity index is 1.94. The van der Waals surface area contributed by atoms with Crippen molar-refractivity contribution in [2.24, 2.45) is 0 Å². The first-order valence-corrected chi connectivity index (χ1v) is 9.94. The number of nitrogens with zero attached hydrogens (tertiary/aromatic N) is 1. The minimum atomic E-state index is -1.00. The van der Waals surface area contributed by atoms with Crippen LogP contribution < -0.4 is 4.90 Å². The normalized spacial score (nSPS) is 17.6. The molecule has 1 atom stereocenters. The van der Waals surface area contributed by atoms with Crippen LogP contribution in [0.2, 0.25) is 0 Å². The predicted molar refractivity (Wildman–Crippen MR) is 117 cm³/mol. The Morgan fingerprint density at radius 3 is 2.53 bits per heavy atom. The Morgan fingerprint density at radius 2 is 1.84 bits per heavy atom. The number of aliphatic hydroxyl groups is 1. The van der Waals surface area contributed by atoms with E-state index >= 15 is 0 Å². The molecular weight excluding hydrogens is 410 g/mol. The highest BCUT2D eigenvalue weighted by atomic mass is 16.5. The number of aryl methyl sites for hydroxylation is 2. The largest absolute Gasteiger partial charge is 0.507 e. The average molecular weight is 431 g/mol. The molecule has 3 aromatic rings. The summed E-state index contributed by atoms with van der Waals surface area (Å²) in [7, 11) is 1.26. The Labute approximate surface area is 184 Å². The zero-order valence-corrected chi connectivity index (χ0v) is 17.8. The third kappa shape index (κ3) is 3.47. The highest BCUT2D eigenvalue weighted by Gasteiger charge is 2.48. The van der Waals surface area contributed by atoms with E-state index in [9.17, 15) is 19.5 Å². The Hall–Kier alpha value is -4.13. The molecule has 7 heteroatoms. The van der Waals surface area contributed by atoms with Crippen LogP contribution in [0.3, 0.4) is 0 Å². The van der Waals surface area contributed by atoms with Gasteiger partial charge in [0.1, 0.15) is 17.6 Å². The van der Waals surface area contributed by atoms with Gasteiger partial charge in [0.15, 0.2) is 0 Å². The fraction of sp³-hybridized carbons (Fsp3) is 0.160. The molecule has 0 aliphatic carbocycles. The number of hydrogen-bond acceptors (Lipinski definition) is 6. The Kier molecular flexibility index (Phi) is 5.40. The summed E-state index contributed by atoms with van der Waals surface area (Å²) in [5.41, 5.74) is 2.55. The molecule has 1 saturated heterocycles. The Morgan fingerprint density at radius 1 is 1.06 bits per heavy atom. The van der Waals surface area contributed by atoms with E-state index in [2.05, 4.69) is 0 Å². The molecule has 1 fully saturated rings. The maximum absolute atomic E-state index is 13.1. The van der Waals surface area contributed by atoms with Gasteiger partial charge in [-0.3, -0.25) is 14.5 Å². The minimum absolute atomic E-state index is 0.0814. The maximum Gasteiger partial charge on any atom is 0.337 e. The van der Waals surface area contributed by atoms with Crippen LogP contribution in [0, 0.1) is 13.8 Å². The van der Waals surface area contributed by atoms with Gasteiger partial charge in [-0.15, -0.1) is 0 Å². The smallest absolute Gasteiger partial charge is 0.337 e. The number of aliphatic hydroxyl groups excluding tert-OH is 1. The van der Waals surface area contributed by atoms with Crippen LogP contribution in [0.1, 0.15) is 38.9 Å². The molecule has 2 aromatic carbocycles. The van der Waals surface area contributed by atoms with Crippen molar-refractivity contribution in [3.8, 4) is 0 Å². The van der Waals surface area contributed by atoms with Crippen molar-refractivity contribution in [1.82, 2.24) is 0 Å². The SMILES string of the molecule is COC(=O)c1cccc(N2C(=O)C(=O)/C(=C(\O)c3cc(C)ccc3C)C2c2ccco2)c1. The quantitative estimate of drug-likeness (QED) is 0.286. The van der Waals surface area contributed by atoms with E-state index in [1.807, 2.05) is 26.0 Å². The van der Waals surface area contributed by atoms with Crippen molar-refractivity contribution in [3.63, 3.8) is 0 Å². The van der Waals surface area contributed by atoms with E-state index < -0.39 is 23.7 Å². The average Bonchev–Trinajstić information content (AvgIpc) is 3.41. The predicted octanol–water partition coefficient (Wildman–Crippen LogP) is 4.31. The number of carbonyl (C=O) groups is 3. The molecule has 1 aromatic heterocycles. The van der Waals surface area contributed by atoms with Gasteiger partial charge < -0.3 is 14.3 Å². The second-order valence-electron chi connectivity index (χ2n) is 7.54. The zero-order valence-electron chi connectivity index (χ0n) is 17.8. The van der Waals surface area contributed by atoms with Crippen molar-refractivity contribution in [1.29, 1.82) is 0 Å². The van der Waals surface area contributed by atoms with Gasteiger partial charge in [0.25, 0.3) is 11.7 Å². The molecule has 0 radical (unpaired) electrons. The van der Waals surface area contributed by atoms with Gasteiger partial charge in [-0.25, -0.2) is 4.79 Å². The Bertz CT molecular complexity index is 1260. The number of ether oxygens (including phenoxy) is 1. The van der Waals surface area contributed by atoms with Gasteiger partial charge in [0, 0.05) is 11.3 Å². The molecule has 1 aliphatic rings. The van der Waals surface area contributed by atoms with Crippen LogP contribution in [-0.2, 0) is 14.3 Å². The topological polar surface area (TPSA) is 97.0 Å². The number of hydrogen-bond donors (Lipinski definition) is 1. The molecule has 2 heterocycles. The molecule has 0 spiro atoms. The zero-order chi connectivity index (χ0) is 23.0. The van der Waals surface area contributed by atoms with E-state index in [1.54, 1.807) is 36.4 Å². The molecule has 1 aliphatic heterocycles. The number of rotatable bonds is 4. The first-order valence-electron chi connectivity index (χ1n) is 9.94. The van der Waals surface area contributed by atoms with Crippen molar-refractivity contribution in [2.45, 2.75) is 19.9 Å². The molecule has 32 heavy (non-hydrogen) atoms. The van der Waals surface area contributed by atoms with Gasteiger partial charge in [-0.1, -0.05) is 23.8 Å². The lowest BCUT2D eigenvalue weighted by Gasteiger charge is -2.24. The first kappa shape index (κ1) is 21.1. The summed E-state index contributed by atoms with van der Waals surface area (Å²) in [6.45, 7) is 3.68. The van der Waals surface area contributed by atoms with Gasteiger partial charge >= 0.3 is 5.97 Å². The van der Waals surface area contributed by atoms with Crippen LogP contribution >= 0.6 is 0 Å². The molecule has 7 nitrogen and oxygen atoms in total. The third-order valence-corrected chi connectivity index (χ3v) is 5.45. The van der Waals surface area contributed by atoms with Crippen molar-refractivity contribution >= 4 is 29.1 Å². The fourth-order valence-corrected chi connectivity index (χ4v) is 3.85. The van der Waals surface area contributed by atoms with Crippen LogP contribution in [0.5, 0.6) is 0 Å². The summed E-state index contributed by atoms with van der Waals surface area (Å²) in [5, 5.41) is 11.2. The number of methoxy groups -OCH3 is 1. The minimum Gasteiger partial charge on any atom is -0.507 e. The summed E-state index contributed by atoms with van der Waals surface area (Å²) in [5.74, 6) is -2.22. The standard InChI is InChI=1S/C25H21NO6/c1-14-9-10-15(2)18(12-14)22(27)20-21(19-8-5-11-32-19)26(24(29)23(20)28)17-7-4-6-16(13-17)25(30)31-3/h4-13,21,27H,1-3H3/b22-20-. The van der Waals surface area contributed by atoms with Gasteiger partial charge in [0.2, 0.25) is 0 Å². The van der Waals surface area contributed by atoms with Crippen molar-refractivity contribution < 1.29 is 28.6 Å². The molecule has 4 rings (SSSR count). The van der Waals surface area contributed by atoms with Crippen LogP contribution in [-0.4, -0.2) is 29.9 Å². The number of ketones is 1. The lowest BCUT2D eigenvalue weighted by atomic mass is 9.96. The summed E-state index contributed by atoms with van der Waals surface area (Å²) < 4.78 is 10.3. The van der Waals surface area contributed by atoms with E-state index in [4.69, 9.17) is 9.15 Å². The lowest BCUT2D eigenvalue weighted by Crippen LogP contribution is -2.29. The number of furan rings is 1. The van der Waals surface area contributed by atoms with Crippen LogP contribution in [0.4, 0.5) is 5.69 Å². The highest BCUT2D eigenvalue weighted by Crippen LogP contribution is 2.42. The number of Topliss-reactive ketones (excluding diaryl/α,β-unsaturated/α-hetero) is 1. The summed E-state index contributed by atoms with van der Waals surface area (Å²) in [4.78, 5) is 39.5. The number of anilines is 1. The summed E-state index contributed by atoms with van der Waals surface area (Å²) in [6.07, 6.45) is 1.43. The van der Waals surface area contributed by atoms with Gasteiger partial charge in [-0.2, -0.15) is 0 Å². The number of benzene rings is 2. The number of esters is 1. The van der Waals surface area contributed by atoms with E-state index in [-0.39, 0.29) is 16.9 Å². The molecule has 0 saturated carbocycles. The van der Waals surface area contributed by atoms with Crippen LogP contribution in [0.15, 0.2) is 70.9 Å². The second-order valence-corrected chi connectivity index (χ2v) is 7.54. The number of carbonyl (C=O) groups excluding carboxylic acids is 3. The van der Waals surface area contributed by atoms with Crippen LogP contribution in [0.25, 0.3) is 5.76 Å².